The zero-order valence-corrected chi connectivity index (χ0v) is 15.5. The van der Waals surface area contributed by atoms with Gasteiger partial charge in [0.1, 0.15) is 5.82 Å². The lowest BCUT2D eigenvalue weighted by Gasteiger charge is -2.29. The zero-order valence-electron chi connectivity index (χ0n) is 14.0. The van der Waals surface area contributed by atoms with Gasteiger partial charge in [0.05, 0.1) is 28.4 Å². The Morgan fingerprint density at radius 1 is 1.28 bits per heavy atom. The molecule has 0 amide bonds. The van der Waals surface area contributed by atoms with Gasteiger partial charge in [0.15, 0.2) is 0 Å². The summed E-state index contributed by atoms with van der Waals surface area (Å²) >= 11 is 12.7. The minimum atomic E-state index is -0.387. The second-order valence-electron chi connectivity index (χ2n) is 5.76. The fraction of sp³-hybridized carbons (Fsp3) is 0.333. The number of nitrogens with one attached hydrogen (secondary N) is 2. The summed E-state index contributed by atoms with van der Waals surface area (Å²) in [6, 6.07) is 5.43. The molecule has 5 nitrogen and oxygen atoms in total. The molecule has 0 fully saturated rings. The Bertz CT molecular complexity index is 829. The van der Waals surface area contributed by atoms with Gasteiger partial charge in [-0.2, -0.15) is 5.10 Å². The SMILES string of the molecule is CCCC1=C(C(=O)OCC)C(c2cccc(Cl)c2Cl)c2cn[nH]c2N1. The molecule has 1 aromatic heterocycles. The molecule has 1 unspecified atom stereocenters. The highest BCUT2D eigenvalue weighted by molar-refractivity contribution is 6.42. The molecule has 0 saturated heterocycles. The Balaban J connectivity index is 2.23. The summed E-state index contributed by atoms with van der Waals surface area (Å²) in [6.45, 7) is 4.15. The summed E-state index contributed by atoms with van der Waals surface area (Å²) in [5, 5.41) is 11.2. The molecule has 7 heteroatoms. The first-order valence-corrected chi connectivity index (χ1v) is 8.98. The fourth-order valence-electron chi connectivity index (χ4n) is 3.13. The quantitative estimate of drug-likeness (QED) is 0.725. The number of fused-ring (bicyclic) bond motifs is 1. The van der Waals surface area contributed by atoms with Gasteiger partial charge in [0.2, 0.25) is 0 Å². The van der Waals surface area contributed by atoms with Gasteiger partial charge in [-0.1, -0.05) is 48.7 Å². The van der Waals surface area contributed by atoms with Crippen LogP contribution in [0.4, 0.5) is 5.82 Å². The Morgan fingerprint density at radius 2 is 2.08 bits per heavy atom. The second-order valence-corrected chi connectivity index (χ2v) is 6.55. The Labute approximate surface area is 156 Å². The van der Waals surface area contributed by atoms with Crippen molar-refractivity contribution in [3.05, 3.63) is 56.8 Å². The predicted molar refractivity (Wildman–Crippen MR) is 99.1 cm³/mol. The predicted octanol–water partition coefficient (Wildman–Crippen LogP) is 4.89. The number of aromatic nitrogens is 2. The second kappa shape index (κ2) is 7.50. The van der Waals surface area contributed by atoms with Gasteiger partial charge in [-0.05, 0) is 25.0 Å². The molecule has 1 aliphatic heterocycles. The summed E-state index contributed by atoms with van der Waals surface area (Å²) in [6.07, 6.45) is 3.29. The molecule has 2 N–H and O–H groups in total. The number of halogens is 2. The van der Waals surface area contributed by atoms with Gasteiger partial charge in [0, 0.05) is 17.2 Å². The van der Waals surface area contributed by atoms with Crippen molar-refractivity contribution in [2.24, 2.45) is 0 Å². The van der Waals surface area contributed by atoms with Gasteiger partial charge in [-0.15, -0.1) is 0 Å². The first-order chi connectivity index (χ1) is 12.1. The van der Waals surface area contributed by atoms with Gasteiger partial charge < -0.3 is 10.1 Å². The molecule has 0 bridgehead atoms. The number of nitrogens with zero attached hydrogens (tertiary/aromatic N) is 1. The van der Waals surface area contributed by atoms with Crippen LogP contribution < -0.4 is 5.32 Å². The van der Waals surface area contributed by atoms with E-state index in [0.717, 1.165) is 29.1 Å². The summed E-state index contributed by atoms with van der Waals surface area (Å²) in [7, 11) is 0. The number of esters is 1. The standard InChI is InChI=1S/C18H19Cl2N3O2/c1-3-6-13-15(18(24)25-4-2)14(11-9-21-23-17(11)22-13)10-7-5-8-12(19)16(10)20/h5,7-9,14H,3-4,6H2,1-2H3,(H2,21,22,23). The smallest absolute Gasteiger partial charge is 0.336 e. The maximum Gasteiger partial charge on any atom is 0.336 e. The van der Waals surface area contributed by atoms with E-state index in [1.165, 1.54) is 0 Å². The zero-order chi connectivity index (χ0) is 18.0. The number of carbonyl (C=O) groups is 1. The molecular formula is C18H19Cl2N3O2. The van der Waals surface area contributed by atoms with Crippen molar-refractivity contribution in [3.63, 3.8) is 0 Å². The van der Waals surface area contributed by atoms with E-state index in [4.69, 9.17) is 27.9 Å². The summed E-state index contributed by atoms with van der Waals surface area (Å²) in [4.78, 5) is 12.8. The van der Waals surface area contributed by atoms with Crippen LogP contribution in [0.2, 0.25) is 10.0 Å². The Morgan fingerprint density at radius 3 is 2.80 bits per heavy atom. The molecule has 0 radical (unpaired) electrons. The maximum atomic E-state index is 12.8. The number of benzene rings is 1. The van der Waals surface area contributed by atoms with Crippen LogP contribution in [0, 0.1) is 0 Å². The highest BCUT2D eigenvalue weighted by atomic mass is 35.5. The molecule has 3 rings (SSSR count). The number of aromatic amines is 1. The minimum Gasteiger partial charge on any atom is -0.463 e. The van der Waals surface area contributed by atoms with Gasteiger partial charge in [0.25, 0.3) is 0 Å². The number of carbonyl (C=O) groups excluding carboxylic acids is 1. The Hall–Kier alpha value is -1.98. The molecule has 1 atom stereocenters. The molecule has 0 aliphatic carbocycles. The van der Waals surface area contributed by atoms with E-state index < -0.39 is 0 Å². The van der Waals surface area contributed by atoms with Gasteiger partial charge in [-0.25, -0.2) is 4.79 Å². The normalized spacial score (nSPS) is 16.4. The lowest BCUT2D eigenvalue weighted by Crippen LogP contribution is -2.25. The molecule has 1 aromatic carbocycles. The van der Waals surface area contributed by atoms with Crippen LogP contribution in [0.15, 0.2) is 35.7 Å². The largest absolute Gasteiger partial charge is 0.463 e. The van der Waals surface area contributed by atoms with E-state index in [1.807, 2.05) is 12.1 Å². The van der Waals surface area contributed by atoms with E-state index in [0.29, 0.717) is 28.6 Å². The molecular weight excluding hydrogens is 361 g/mol. The lowest BCUT2D eigenvalue weighted by molar-refractivity contribution is -0.138. The molecule has 0 spiro atoms. The first kappa shape index (κ1) is 17.8. The van der Waals surface area contributed by atoms with Crippen molar-refractivity contribution in [2.75, 3.05) is 11.9 Å². The number of hydrogen-bond donors (Lipinski definition) is 2. The van der Waals surface area contributed by atoms with Crippen LogP contribution >= 0.6 is 23.2 Å². The van der Waals surface area contributed by atoms with E-state index in [9.17, 15) is 4.79 Å². The van der Waals surface area contributed by atoms with Crippen LogP contribution in [0.1, 0.15) is 43.7 Å². The van der Waals surface area contributed by atoms with Crippen molar-refractivity contribution >= 4 is 35.0 Å². The van der Waals surface area contributed by atoms with E-state index >= 15 is 0 Å². The molecule has 2 heterocycles. The first-order valence-electron chi connectivity index (χ1n) is 8.22. The highest BCUT2D eigenvalue weighted by Crippen LogP contribution is 2.45. The fourth-order valence-corrected chi connectivity index (χ4v) is 3.54. The Kier molecular flexibility index (Phi) is 5.35. The van der Waals surface area contributed by atoms with E-state index in [1.54, 1.807) is 19.2 Å². The molecule has 132 valence electrons. The monoisotopic (exact) mass is 379 g/mol. The summed E-state index contributed by atoms with van der Waals surface area (Å²) in [5.74, 6) is 0.0192. The molecule has 2 aromatic rings. The van der Waals surface area contributed by atoms with Crippen molar-refractivity contribution in [1.29, 1.82) is 0 Å². The topological polar surface area (TPSA) is 67.0 Å². The minimum absolute atomic E-state index is 0.302. The van der Waals surface area contributed by atoms with E-state index in [2.05, 4.69) is 22.4 Å². The summed E-state index contributed by atoms with van der Waals surface area (Å²) < 4.78 is 5.33. The van der Waals surface area contributed by atoms with E-state index in [-0.39, 0.29) is 11.9 Å². The average molecular weight is 380 g/mol. The van der Waals surface area contributed by atoms with Crippen LogP contribution in [0.3, 0.4) is 0 Å². The third kappa shape index (κ3) is 3.26. The third-order valence-electron chi connectivity index (χ3n) is 4.16. The lowest BCUT2D eigenvalue weighted by atomic mass is 9.82. The third-order valence-corrected chi connectivity index (χ3v) is 4.99. The number of ether oxygens (including phenoxy) is 1. The summed E-state index contributed by atoms with van der Waals surface area (Å²) in [5.41, 5.74) is 2.97. The number of rotatable bonds is 5. The average Bonchev–Trinajstić information content (AvgIpc) is 3.05. The number of allylic oxidation sites excluding steroid dienone is 1. The van der Waals surface area contributed by atoms with Crippen molar-refractivity contribution in [3.8, 4) is 0 Å². The van der Waals surface area contributed by atoms with Gasteiger partial charge in [-0.3, -0.25) is 5.10 Å². The van der Waals surface area contributed by atoms with Crippen LogP contribution in [-0.2, 0) is 9.53 Å². The number of H-pyrrole nitrogens is 1. The molecule has 25 heavy (non-hydrogen) atoms. The van der Waals surface area contributed by atoms with Crippen molar-refractivity contribution in [2.45, 2.75) is 32.6 Å². The molecule has 1 aliphatic rings. The molecule has 0 saturated carbocycles. The van der Waals surface area contributed by atoms with Crippen molar-refractivity contribution in [1.82, 2.24) is 10.2 Å². The number of anilines is 1. The maximum absolute atomic E-state index is 12.8. The number of hydrogen-bond acceptors (Lipinski definition) is 4. The van der Waals surface area contributed by atoms with Crippen LogP contribution in [0.5, 0.6) is 0 Å². The van der Waals surface area contributed by atoms with Crippen LogP contribution in [-0.4, -0.2) is 22.8 Å². The highest BCUT2D eigenvalue weighted by Gasteiger charge is 2.36. The van der Waals surface area contributed by atoms with Crippen molar-refractivity contribution < 1.29 is 9.53 Å². The van der Waals surface area contributed by atoms with Gasteiger partial charge >= 0.3 is 5.97 Å². The van der Waals surface area contributed by atoms with Crippen LogP contribution in [0.25, 0.3) is 0 Å².